The van der Waals surface area contributed by atoms with Crippen molar-refractivity contribution in [1.82, 2.24) is 0 Å². The first-order chi connectivity index (χ1) is 27.4. The number of phosphoric acid groups is 1. The minimum absolute atomic E-state index is 0.00467. The van der Waals surface area contributed by atoms with Crippen molar-refractivity contribution >= 4 is 25.5 Å². The van der Waals surface area contributed by atoms with E-state index in [1.54, 1.807) is 12.2 Å². The third-order valence-corrected chi connectivity index (χ3v) is 9.67. The Hall–Kier alpha value is -2.88. The molecule has 0 aromatic carbocycles. The molecule has 0 bridgehead atoms. The number of carbonyl (C=O) groups excluding carboxylic acids is 3. The molecular weight excluding hydrogens is 741 g/mol. The van der Waals surface area contributed by atoms with E-state index in [2.05, 4.69) is 50.3 Å². The van der Waals surface area contributed by atoms with Crippen LogP contribution in [-0.4, -0.2) is 80.7 Å². The lowest BCUT2D eigenvalue weighted by Gasteiger charge is -2.24. The third-order valence-electron chi connectivity index (χ3n) is 8.69. The summed E-state index contributed by atoms with van der Waals surface area (Å²) in [6.07, 6.45) is 42.2. The maximum Gasteiger partial charge on any atom is 0.472 e. The molecule has 10 nitrogen and oxygen atoms in total. The van der Waals surface area contributed by atoms with Gasteiger partial charge in [0, 0.05) is 19.3 Å². The lowest BCUT2D eigenvalue weighted by Crippen LogP contribution is -2.37. The van der Waals surface area contributed by atoms with Gasteiger partial charge in [-0.3, -0.25) is 23.4 Å². The van der Waals surface area contributed by atoms with Gasteiger partial charge in [-0.15, -0.1) is 0 Å². The Kier molecular flexibility index (Phi) is 35.5. The van der Waals surface area contributed by atoms with Gasteiger partial charge in [0.1, 0.15) is 19.8 Å². The summed E-state index contributed by atoms with van der Waals surface area (Å²) in [7, 11) is 1.38. The summed E-state index contributed by atoms with van der Waals surface area (Å²) >= 11 is 0. The number of quaternary nitrogens is 1. The smallest absolute Gasteiger partial charge is 0.462 e. The molecule has 0 spiro atoms. The Morgan fingerprint density at radius 3 is 1.77 bits per heavy atom. The minimum atomic E-state index is -4.41. The number of nitrogens with zero attached hydrogens (tertiary/aromatic N) is 1. The molecule has 2 atom stereocenters. The highest BCUT2D eigenvalue weighted by Gasteiger charge is 2.27. The Balaban J connectivity index is 4.56. The van der Waals surface area contributed by atoms with Crippen molar-refractivity contribution < 1.29 is 46.8 Å². The van der Waals surface area contributed by atoms with Crippen LogP contribution >= 0.6 is 7.82 Å². The number of ketones is 1. The number of carbonyl (C=O) groups is 3. The zero-order valence-corrected chi connectivity index (χ0v) is 37.2. The van der Waals surface area contributed by atoms with E-state index in [-0.39, 0.29) is 31.8 Å². The second kappa shape index (κ2) is 37.4. The Bertz CT molecular complexity index is 1260. The molecule has 1 unspecified atom stereocenters. The van der Waals surface area contributed by atoms with Crippen LogP contribution in [0.4, 0.5) is 0 Å². The Labute approximate surface area is 346 Å². The van der Waals surface area contributed by atoms with Gasteiger partial charge in [0.25, 0.3) is 0 Å². The van der Waals surface area contributed by atoms with Crippen LogP contribution in [-0.2, 0) is 37.5 Å². The molecule has 0 saturated carbocycles. The van der Waals surface area contributed by atoms with Crippen LogP contribution in [0.3, 0.4) is 0 Å². The molecule has 0 aliphatic rings. The second-order valence-electron chi connectivity index (χ2n) is 15.4. The summed E-state index contributed by atoms with van der Waals surface area (Å²) in [5, 5.41) is 0. The van der Waals surface area contributed by atoms with Crippen molar-refractivity contribution in [2.75, 3.05) is 47.5 Å². The van der Waals surface area contributed by atoms with E-state index in [1.165, 1.54) is 25.7 Å². The summed E-state index contributed by atoms with van der Waals surface area (Å²) in [6.45, 7) is 4.11. The lowest BCUT2D eigenvalue weighted by atomic mass is 10.1. The number of unbranched alkanes of at least 4 members (excludes halogenated alkanes) is 11. The van der Waals surface area contributed by atoms with Gasteiger partial charge < -0.3 is 18.9 Å². The third kappa shape index (κ3) is 41.1. The molecule has 11 heteroatoms. The quantitative estimate of drug-likeness (QED) is 0.0123. The highest BCUT2D eigenvalue weighted by molar-refractivity contribution is 7.47. The van der Waals surface area contributed by atoms with Crippen molar-refractivity contribution in [1.29, 1.82) is 0 Å². The summed E-state index contributed by atoms with van der Waals surface area (Å²) in [5.74, 6) is -0.756. The first-order valence-electron chi connectivity index (χ1n) is 21.6. The highest BCUT2D eigenvalue weighted by Crippen LogP contribution is 2.43. The summed E-state index contributed by atoms with van der Waals surface area (Å²) < 4.78 is 34.1. The monoisotopic (exact) mass is 821 g/mol. The fraction of sp³-hybridized carbons (Fsp3) is 0.674. The average Bonchev–Trinajstić information content (AvgIpc) is 3.15. The van der Waals surface area contributed by atoms with Gasteiger partial charge >= 0.3 is 19.8 Å². The van der Waals surface area contributed by atoms with Crippen molar-refractivity contribution in [2.45, 2.75) is 155 Å². The summed E-state index contributed by atoms with van der Waals surface area (Å²) in [5.41, 5.74) is 0. The van der Waals surface area contributed by atoms with Gasteiger partial charge in [-0.2, -0.15) is 0 Å². The Morgan fingerprint density at radius 2 is 1.12 bits per heavy atom. The maximum absolute atomic E-state index is 12.7. The minimum Gasteiger partial charge on any atom is -0.462 e. The fourth-order valence-electron chi connectivity index (χ4n) is 5.22. The first kappa shape index (κ1) is 54.1. The van der Waals surface area contributed by atoms with Gasteiger partial charge in [-0.1, -0.05) is 126 Å². The van der Waals surface area contributed by atoms with Gasteiger partial charge in [-0.25, -0.2) is 4.57 Å². The van der Waals surface area contributed by atoms with Crippen LogP contribution in [0.25, 0.3) is 0 Å². The van der Waals surface area contributed by atoms with Crippen molar-refractivity contribution in [3.8, 4) is 0 Å². The number of phosphoric ester groups is 1. The normalized spacial score (nSPS) is 14.2. The largest absolute Gasteiger partial charge is 0.472 e. The van der Waals surface area contributed by atoms with E-state index >= 15 is 0 Å². The topological polar surface area (TPSA) is 125 Å². The van der Waals surface area contributed by atoms with E-state index in [4.69, 9.17) is 18.5 Å². The van der Waals surface area contributed by atoms with E-state index in [9.17, 15) is 23.8 Å². The summed E-state index contributed by atoms with van der Waals surface area (Å²) in [4.78, 5) is 47.0. The number of ether oxygens (including phenoxy) is 2. The molecule has 0 aromatic heterocycles. The van der Waals surface area contributed by atoms with Crippen LogP contribution < -0.4 is 0 Å². The van der Waals surface area contributed by atoms with E-state index in [1.807, 2.05) is 45.4 Å². The van der Waals surface area contributed by atoms with Gasteiger partial charge in [0.15, 0.2) is 11.9 Å². The standard InChI is InChI=1S/C46H78NO9P/c1-6-8-10-11-12-13-14-15-16-17-20-23-26-29-33-37-45(49)53-41-44(42-55-57(51,52)54-40-39-47(3,4)5)56-46(50)38-34-30-27-24-21-18-19-22-25-28-32-36-43(48)35-31-9-7-2/h12-13,15-16,18-19,24-25,27-28,32,36,44H,6-11,14,17,20-23,26,29-31,33-35,37-42H2,1-5H3/p+1/b13-12-,16-15-,19-18-,27-24-,28-25-,36-32+/t44-/m1/s1. The van der Waals surface area contributed by atoms with E-state index < -0.39 is 32.5 Å². The fourth-order valence-corrected chi connectivity index (χ4v) is 5.97. The van der Waals surface area contributed by atoms with E-state index in [0.29, 0.717) is 36.7 Å². The number of likely N-dealkylation sites (N-methyl/N-ethyl adjacent to an activating group) is 1. The van der Waals surface area contributed by atoms with Crippen LogP contribution in [0.5, 0.6) is 0 Å². The number of hydrogen-bond donors (Lipinski definition) is 1. The molecule has 0 heterocycles. The average molecular weight is 821 g/mol. The van der Waals surface area contributed by atoms with Crippen LogP contribution in [0.2, 0.25) is 0 Å². The lowest BCUT2D eigenvalue weighted by molar-refractivity contribution is -0.870. The molecule has 0 amide bonds. The molecule has 0 aliphatic heterocycles. The number of allylic oxidation sites excluding steroid dienone is 12. The highest BCUT2D eigenvalue weighted by atomic mass is 31.2. The first-order valence-corrected chi connectivity index (χ1v) is 23.1. The molecule has 0 aliphatic carbocycles. The van der Waals surface area contributed by atoms with Crippen LogP contribution in [0.1, 0.15) is 149 Å². The molecule has 1 N–H and O–H groups in total. The molecule has 0 radical (unpaired) electrons. The van der Waals surface area contributed by atoms with Crippen molar-refractivity contribution in [2.24, 2.45) is 0 Å². The predicted molar refractivity (Wildman–Crippen MR) is 234 cm³/mol. The van der Waals surface area contributed by atoms with Crippen LogP contribution in [0, 0.1) is 0 Å². The molecule has 0 saturated heterocycles. The number of rotatable bonds is 38. The molecule has 0 rings (SSSR count). The molecule has 0 fully saturated rings. The molecular formula is C46H79NO9P+. The molecule has 57 heavy (non-hydrogen) atoms. The SMILES string of the molecule is CCCCC/C=C\C/C=C\CCCCCCCC(=O)OC[C@H](COP(=O)(O)OCC[N+](C)(C)C)OC(=O)CCC/C=C\C/C=C\C/C=C\C=C\C(=O)CCCCC. The zero-order chi connectivity index (χ0) is 42.3. The van der Waals surface area contributed by atoms with Crippen molar-refractivity contribution in [3.05, 3.63) is 72.9 Å². The van der Waals surface area contributed by atoms with Crippen molar-refractivity contribution in [3.63, 3.8) is 0 Å². The molecule has 0 aromatic rings. The van der Waals surface area contributed by atoms with Gasteiger partial charge in [-0.05, 0) is 76.7 Å². The molecule has 326 valence electrons. The number of hydrogen-bond acceptors (Lipinski definition) is 8. The summed E-state index contributed by atoms with van der Waals surface area (Å²) in [6, 6.07) is 0. The van der Waals surface area contributed by atoms with E-state index in [0.717, 1.165) is 70.6 Å². The second-order valence-corrected chi connectivity index (χ2v) is 16.9. The Morgan fingerprint density at radius 1 is 0.596 bits per heavy atom. The number of esters is 2. The van der Waals surface area contributed by atoms with Gasteiger partial charge in [0.2, 0.25) is 0 Å². The van der Waals surface area contributed by atoms with Gasteiger partial charge in [0.05, 0.1) is 27.7 Å². The predicted octanol–water partition coefficient (Wildman–Crippen LogP) is 11.4. The maximum atomic E-state index is 12.7. The zero-order valence-electron chi connectivity index (χ0n) is 36.3. The van der Waals surface area contributed by atoms with Crippen LogP contribution in [0.15, 0.2) is 72.9 Å².